The number of nitrogens with two attached hydrogens (primary N) is 1. The zero-order valence-electron chi connectivity index (χ0n) is 13.4. The number of anilines is 1. The molecule has 0 bridgehead atoms. The van der Waals surface area contributed by atoms with Crippen LogP contribution in [0.25, 0.3) is 17.4 Å². The molecule has 0 aliphatic carbocycles. The SMILES string of the molecule is Cc1cc(N)ccc1-c1ccc(/C=C/C(=O)N2CCCCC2)o1. The summed E-state index contributed by atoms with van der Waals surface area (Å²) >= 11 is 0. The average Bonchev–Trinajstić information content (AvgIpc) is 3.02. The Morgan fingerprint density at radius 1 is 1.17 bits per heavy atom. The third-order valence-electron chi connectivity index (χ3n) is 4.20. The predicted molar refractivity (Wildman–Crippen MR) is 92.8 cm³/mol. The van der Waals surface area contributed by atoms with E-state index in [1.54, 1.807) is 12.2 Å². The number of aryl methyl sites for hydroxylation is 1. The summed E-state index contributed by atoms with van der Waals surface area (Å²) in [5.41, 5.74) is 8.60. The van der Waals surface area contributed by atoms with Crippen molar-refractivity contribution in [3.8, 4) is 11.3 Å². The van der Waals surface area contributed by atoms with Crippen molar-refractivity contribution in [2.24, 2.45) is 0 Å². The molecule has 1 aromatic carbocycles. The number of amides is 1. The van der Waals surface area contributed by atoms with E-state index >= 15 is 0 Å². The van der Waals surface area contributed by atoms with E-state index in [2.05, 4.69) is 0 Å². The molecule has 1 aromatic heterocycles. The smallest absolute Gasteiger partial charge is 0.246 e. The molecule has 0 radical (unpaired) electrons. The van der Waals surface area contributed by atoms with Crippen LogP contribution < -0.4 is 5.73 Å². The number of furan rings is 1. The van der Waals surface area contributed by atoms with Gasteiger partial charge < -0.3 is 15.1 Å². The van der Waals surface area contributed by atoms with Gasteiger partial charge in [0.2, 0.25) is 5.91 Å². The lowest BCUT2D eigenvalue weighted by molar-refractivity contribution is -0.126. The Kier molecular flexibility index (Phi) is 4.51. The quantitative estimate of drug-likeness (QED) is 0.691. The highest BCUT2D eigenvalue weighted by molar-refractivity contribution is 5.91. The van der Waals surface area contributed by atoms with Crippen molar-refractivity contribution in [1.82, 2.24) is 4.90 Å². The molecule has 0 unspecified atom stereocenters. The number of hydrogen-bond acceptors (Lipinski definition) is 3. The first kappa shape index (κ1) is 15.4. The fourth-order valence-corrected chi connectivity index (χ4v) is 2.92. The lowest BCUT2D eigenvalue weighted by Crippen LogP contribution is -2.34. The number of hydrogen-bond donors (Lipinski definition) is 1. The van der Waals surface area contributed by atoms with E-state index < -0.39 is 0 Å². The van der Waals surface area contributed by atoms with Crippen LogP contribution in [-0.2, 0) is 4.79 Å². The van der Waals surface area contributed by atoms with E-state index in [0.717, 1.165) is 48.5 Å². The second-order valence-corrected chi connectivity index (χ2v) is 6.00. The van der Waals surface area contributed by atoms with Gasteiger partial charge >= 0.3 is 0 Å². The Morgan fingerprint density at radius 2 is 1.96 bits per heavy atom. The van der Waals surface area contributed by atoms with Gasteiger partial charge in [-0.2, -0.15) is 0 Å². The van der Waals surface area contributed by atoms with E-state index in [1.807, 2.05) is 42.2 Å². The molecule has 1 fully saturated rings. The van der Waals surface area contributed by atoms with Crippen LogP contribution in [0.1, 0.15) is 30.6 Å². The molecule has 4 nitrogen and oxygen atoms in total. The van der Waals surface area contributed by atoms with Gasteiger partial charge in [0.1, 0.15) is 11.5 Å². The van der Waals surface area contributed by atoms with Gasteiger partial charge in [-0.3, -0.25) is 4.79 Å². The van der Waals surface area contributed by atoms with Crippen LogP contribution in [0.15, 0.2) is 40.8 Å². The van der Waals surface area contributed by atoms with E-state index in [0.29, 0.717) is 5.76 Å². The first-order chi connectivity index (χ1) is 11.1. The fourth-order valence-electron chi connectivity index (χ4n) is 2.92. The third kappa shape index (κ3) is 3.65. The van der Waals surface area contributed by atoms with Crippen molar-refractivity contribution >= 4 is 17.7 Å². The van der Waals surface area contributed by atoms with Crippen LogP contribution >= 0.6 is 0 Å². The maximum absolute atomic E-state index is 12.1. The zero-order valence-corrected chi connectivity index (χ0v) is 13.4. The van der Waals surface area contributed by atoms with E-state index in [4.69, 9.17) is 10.2 Å². The van der Waals surface area contributed by atoms with Crippen LogP contribution in [0.5, 0.6) is 0 Å². The summed E-state index contributed by atoms with van der Waals surface area (Å²) in [6.07, 6.45) is 6.76. The summed E-state index contributed by atoms with van der Waals surface area (Å²) in [6, 6.07) is 9.54. The summed E-state index contributed by atoms with van der Waals surface area (Å²) in [5, 5.41) is 0. The Labute approximate surface area is 136 Å². The second-order valence-electron chi connectivity index (χ2n) is 6.00. The molecule has 1 saturated heterocycles. The highest BCUT2D eigenvalue weighted by Gasteiger charge is 2.14. The summed E-state index contributed by atoms with van der Waals surface area (Å²) in [6.45, 7) is 3.72. The summed E-state index contributed by atoms with van der Waals surface area (Å²) in [7, 11) is 0. The lowest BCUT2D eigenvalue weighted by atomic mass is 10.1. The Hall–Kier alpha value is -2.49. The van der Waals surface area contributed by atoms with E-state index in [-0.39, 0.29) is 5.91 Å². The topological polar surface area (TPSA) is 59.5 Å². The van der Waals surface area contributed by atoms with Gasteiger partial charge in [0.05, 0.1) is 0 Å². The molecular formula is C19H22N2O2. The zero-order chi connectivity index (χ0) is 16.2. The molecule has 2 N–H and O–H groups in total. The molecule has 1 aliphatic heterocycles. The lowest BCUT2D eigenvalue weighted by Gasteiger charge is -2.25. The molecule has 3 rings (SSSR count). The van der Waals surface area contributed by atoms with Gasteiger partial charge in [0, 0.05) is 30.4 Å². The van der Waals surface area contributed by atoms with Crippen LogP contribution in [0, 0.1) is 6.92 Å². The molecule has 0 saturated carbocycles. The first-order valence-corrected chi connectivity index (χ1v) is 8.07. The van der Waals surface area contributed by atoms with Crippen molar-refractivity contribution in [3.63, 3.8) is 0 Å². The first-order valence-electron chi connectivity index (χ1n) is 8.07. The monoisotopic (exact) mass is 310 g/mol. The van der Waals surface area contributed by atoms with Gasteiger partial charge in [0.25, 0.3) is 0 Å². The highest BCUT2D eigenvalue weighted by atomic mass is 16.3. The van der Waals surface area contributed by atoms with Crippen molar-refractivity contribution in [2.75, 3.05) is 18.8 Å². The van der Waals surface area contributed by atoms with Crippen LogP contribution in [0.4, 0.5) is 5.69 Å². The number of carbonyl (C=O) groups is 1. The third-order valence-corrected chi connectivity index (χ3v) is 4.20. The standard InChI is InChI=1S/C19H22N2O2/c1-14-13-15(20)5-8-17(14)18-9-6-16(23-18)7-10-19(22)21-11-3-2-4-12-21/h5-10,13H,2-4,11-12,20H2,1H3/b10-7+. The van der Waals surface area contributed by atoms with Crippen molar-refractivity contribution in [1.29, 1.82) is 0 Å². The molecular weight excluding hydrogens is 288 g/mol. The van der Waals surface area contributed by atoms with Gasteiger partial charge in [0.15, 0.2) is 0 Å². The maximum Gasteiger partial charge on any atom is 0.246 e. The molecule has 120 valence electrons. The van der Waals surface area contributed by atoms with Gasteiger partial charge in [-0.1, -0.05) is 0 Å². The Bertz CT molecular complexity index is 725. The Morgan fingerprint density at radius 3 is 2.70 bits per heavy atom. The largest absolute Gasteiger partial charge is 0.457 e. The number of benzene rings is 1. The van der Waals surface area contributed by atoms with Crippen molar-refractivity contribution < 1.29 is 9.21 Å². The van der Waals surface area contributed by atoms with E-state index in [9.17, 15) is 4.79 Å². The highest BCUT2D eigenvalue weighted by Crippen LogP contribution is 2.27. The molecule has 0 atom stereocenters. The minimum Gasteiger partial charge on any atom is -0.457 e. The maximum atomic E-state index is 12.1. The predicted octanol–water partition coefficient (Wildman–Crippen LogP) is 3.86. The average molecular weight is 310 g/mol. The van der Waals surface area contributed by atoms with Crippen LogP contribution in [0.2, 0.25) is 0 Å². The number of nitrogen functional groups attached to an aromatic ring is 1. The second kappa shape index (κ2) is 6.73. The van der Waals surface area contributed by atoms with Crippen molar-refractivity contribution in [3.05, 3.63) is 47.7 Å². The molecule has 1 amide bonds. The minimum atomic E-state index is 0.0614. The van der Waals surface area contributed by atoms with Crippen LogP contribution in [0.3, 0.4) is 0 Å². The molecule has 2 heterocycles. The number of likely N-dealkylation sites (tertiary alicyclic amines) is 1. The summed E-state index contributed by atoms with van der Waals surface area (Å²) < 4.78 is 5.83. The molecule has 23 heavy (non-hydrogen) atoms. The number of rotatable bonds is 3. The van der Waals surface area contributed by atoms with Gasteiger partial charge in [-0.25, -0.2) is 0 Å². The minimum absolute atomic E-state index is 0.0614. The molecule has 0 spiro atoms. The van der Waals surface area contributed by atoms with Gasteiger partial charge in [-0.05, 0) is 68.2 Å². The number of piperidine rings is 1. The van der Waals surface area contributed by atoms with Crippen LogP contribution in [-0.4, -0.2) is 23.9 Å². The van der Waals surface area contributed by atoms with Gasteiger partial charge in [-0.15, -0.1) is 0 Å². The fraction of sp³-hybridized carbons (Fsp3) is 0.316. The summed E-state index contributed by atoms with van der Waals surface area (Å²) in [5.74, 6) is 1.53. The Balaban J connectivity index is 1.71. The number of nitrogens with zero attached hydrogens (tertiary/aromatic N) is 1. The van der Waals surface area contributed by atoms with E-state index in [1.165, 1.54) is 6.42 Å². The van der Waals surface area contributed by atoms with Crippen molar-refractivity contribution in [2.45, 2.75) is 26.2 Å². The number of carbonyl (C=O) groups excluding carboxylic acids is 1. The molecule has 4 heteroatoms. The molecule has 1 aliphatic rings. The molecule has 2 aromatic rings. The summed E-state index contributed by atoms with van der Waals surface area (Å²) in [4.78, 5) is 14.0. The normalized spacial score (nSPS) is 15.3.